The highest BCUT2D eigenvalue weighted by atomic mass is 19.3. The molecular formula is C25H25F3N4O3. The fourth-order valence-corrected chi connectivity index (χ4v) is 3.55. The van der Waals surface area contributed by atoms with E-state index in [1.165, 1.54) is 30.5 Å². The summed E-state index contributed by atoms with van der Waals surface area (Å²) in [4.78, 5) is 32.6. The van der Waals surface area contributed by atoms with E-state index in [9.17, 15) is 18.4 Å². The van der Waals surface area contributed by atoms with Crippen molar-refractivity contribution in [1.82, 2.24) is 15.1 Å². The van der Waals surface area contributed by atoms with Gasteiger partial charge in [-0.15, -0.1) is 0 Å². The largest absolute Gasteiger partial charge is 0.331 e. The van der Waals surface area contributed by atoms with Crippen LogP contribution in [0.5, 0.6) is 0 Å². The smallest absolute Gasteiger partial charge is 0.294 e. The maximum Gasteiger partial charge on any atom is 0.294 e. The topological polar surface area (TPSA) is 98.0 Å². The Bertz CT molecular complexity index is 1260. The van der Waals surface area contributed by atoms with Crippen LogP contribution in [-0.4, -0.2) is 26.8 Å². The summed E-state index contributed by atoms with van der Waals surface area (Å²) < 4.78 is 48.0. The van der Waals surface area contributed by atoms with Gasteiger partial charge in [0.05, 0.1) is 5.56 Å². The van der Waals surface area contributed by atoms with E-state index in [-0.39, 0.29) is 47.5 Å². The van der Waals surface area contributed by atoms with Gasteiger partial charge >= 0.3 is 0 Å². The summed E-state index contributed by atoms with van der Waals surface area (Å²) >= 11 is 0. The molecule has 2 heterocycles. The lowest BCUT2D eigenvalue weighted by molar-refractivity contribution is -0.117. The van der Waals surface area contributed by atoms with Gasteiger partial charge in [-0.25, -0.2) is 18.2 Å². The standard InChI is InChI=1S/C25H25F3N4O3/c1-25(2,3)24-31-23(35-32-24)17(33)9-7-13-6-8-16(20(26)19(13)21(27)28)15-10-11-29-18(12-15)30-22(34)14-4-5-14/h6,8,10-12,14,21H,4-5,7,9H2,1-3H3,(H,29,30,34). The summed E-state index contributed by atoms with van der Waals surface area (Å²) in [6, 6.07) is 5.68. The van der Waals surface area contributed by atoms with E-state index in [0.717, 1.165) is 12.8 Å². The van der Waals surface area contributed by atoms with E-state index in [4.69, 9.17) is 4.52 Å². The molecule has 4 rings (SSSR count). The molecule has 0 radical (unpaired) electrons. The SMILES string of the molecule is CC(C)(C)c1noc(C(=O)CCc2ccc(-c3ccnc(NC(=O)C4CC4)c3)c(F)c2C(F)F)n1. The Kier molecular flexibility index (Phi) is 6.73. The number of hydrogen-bond acceptors (Lipinski definition) is 6. The third kappa shape index (κ3) is 5.58. The van der Waals surface area contributed by atoms with Crippen molar-refractivity contribution in [1.29, 1.82) is 0 Å². The Labute approximate surface area is 200 Å². The van der Waals surface area contributed by atoms with Crippen molar-refractivity contribution in [2.75, 3.05) is 5.32 Å². The lowest BCUT2D eigenvalue weighted by Crippen LogP contribution is -2.14. The molecule has 0 unspecified atom stereocenters. The van der Waals surface area contributed by atoms with Crippen molar-refractivity contribution in [2.24, 2.45) is 5.92 Å². The van der Waals surface area contributed by atoms with Crippen molar-refractivity contribution in [3.63, 3.8) is 0 Å². The van der Waals surface area contributed by atoms with E-state index in [0.29, 0.717) is 11.4 Å². The average molecular weight is 486 g/mol. The lowest BCUT2D eigenvalue weighted by Gasteiger charge is -2.14. The molecule has 0 spiro atoms. The van der Waals surface area contributed by atoms with Crippen LogP contribution in [-0.2, 0) is 16.6 Å². The summed E-state index contributed by atoms with van der Waals surface area (Å²) in [6.45, 7) is 5.58. The molecule has 1 N–H and O–H groups in total. The fraction of sp³-hybridized carbons (Fsp3) is 0.400. The quantitative estimate of drug-likeness (QED) is 0.412. The van der Waals surface area contributed by atoms with Gasteiger partial charge in [-0.1, -0.05) is 38.1 Å². The van der Waals surface area contributed by atoms with Crippen LogP contribution < -0.4 is 5.32 Å². The zero-order chi connectivity index (χ0) is 25.3. The summed E-state index contributed by atoms with van der Waals surface area (Å²) in [5.41, 5.74) is -0.921. The number of hydrogen-bond donors (Lipinski definition) is 1. The first-order valence-electron chi connectivity index (χ1n) is 11.3. The highest BCUT2D eigenvalue weighted by molar-refractivity contribution is 5.93. The van der Waals surface area contributed by atoms with Crippen LogP contribution in [0.1, 0.15) is 74.1 Å². The summed E-state index contributed by atoms with van der Waals surface area (Å²) in [5, 5.41) is 6.45. The molecule has 3 aromatic rings. The number of aromatic nitrogens is 3. The molecular weight excluding hydrogens is 461 g/mol. The fourth-order valence-electron chi connectivity index (χ4n) is 3.55. The molecule has 0 saturated heterocycles. The molecule has 0 bridgehead atoms. The number of alkyl halides is 2. The number of nitrogens with zero attached hydrogens (tertiary/aromatic N) is 3. The Balaban J connectivity index is 1.54. The van der Waals surface area contributed by atoms with Crippen LogP contribution in [0.3, 0.4) is 0 Å². The van der Waals surface area contributed by atoms with Crippen molar-refractivity contribution >= 4 is 17.5 Å². The van der Waals surface area contributed by atoms with Crippen molar-refractivity contribution < 1.29 is 27.3 Å². The second-order valence-electron chi connectivity index (χ2n) is 9.59. The minimum atomic E-state index is -3.09. The highest BCUT2D eigenvalue weighted by Crippen LogP contribution is 2.35. The third-order valence-electron chi connectivity index (χ3n) is 5.72. The number of carbonyl (C=O) groups is 2. The summed E-state index contributed by atoms with van der Waals surface area (Å²) in [6.07, 6.45) is -0.411. The third-order valence-corrected chi connectivity index (χ3v) is 5.72. The Morgan fingerprint density at radius 2 is 1.94 bits per heavy atom. The van der Waals surface area contributed by atoms with Crippen LogP contribution >= 0.6 is 0 Å². The number of nitrogens with one attached hydrogen (secondary N) is 1. The molecule has 1 aliphatic rings. The number of ketones is 1. The van der Waals surface area contributed by atoms with Gasteiger partial charge < -0.3 is 9.84 Å². The predicted molar refractivity (Wildman–Crippen MR) is 122 cm³/mol. The molecule has 1 fully saturated rings. The van der Waals surface area contributed by atoms with Gasteiger partial charge in [-0.05, 0) is 42.5 Å². The molecule has 2 aromatic heterocycles. The number of carbonyl (C=O) groups excluding carboxylic acids is 2. The minimum Gasteiger partial charge on any atom is -0.331 e. The first kappa shape index (κ1) is 24.6. The van der Waals surface area contributed by atoms with Crippen LogP contribution in [0.4, 0.5) is 19.0 Å². The molecule has 10 heteroatoms. The lowest BCUT2D eigenvalue weighted by atomic mass is 9.95. The molecule has 1 aliphatic carbocycles. The molecule has 35 heavy (non-hydrogen) atoms. The second kappa shape index (κ2) is 9.59. The number of rotatable bonds is 8. The van der Waals surface area contributed by atoms with Crippen LogP contribution in [0.15, 0.2) is 35.0 Å². The molecule has 1 saturated carbocycles. The highest BCUT2D eigenvalue weighted by Gasteiger charge is 2.30. The van der Waals surface area contributed by atoms with Gasteiger partial charge in [0.15, 0.2) is 5.82 Å². The first-order valence-corrected chi connectivity index (χ1v) is 11.3. The van der Waals surface area contributed by atoms with Gasteiger partial charge in [0, 0.05) is 29.5 Å². The van der Waals surface area contributed by atoms with Gasteiger partial charge in [-0.3, -0.25) is 9.59 Å². The maximum absolute atomic E-state index is 15.3. The number of Topliss-reactive ketones (excluding diaryl/α,β-unsaturated/α-hetero) is 1. The zero-order valence-electron chi connectivity index (χ0n) is 19.6. The normalized spacial score (nSPS) is 13.8. The van der Waals surface area contributed by atoms with E-state index in [1.807, 2.05) is 20.8 Å². The number of anilines is 1. The number of pyridine rings is 1. The van der Waals surface area contributed by atoms with Gasteiger partial charge in [-0.2, -0.15) is 4.98 Å². The molecule has 184 valence electrons. The van der Waals surface area contributed by atoms with Gasteiger partial charge in [0.2, 0.25) is 11.7 Å². The number of benzene rings is 1. The van der Waals surface area contributed by atoms with Crippen LogP contribution in [0.25, 0.3) is 11.1 Å². The Morgan fingerprint density at radius 1 is 1.20 bits per heavy atom. The number of halogens is 3. The Hall–Kier alpha value is -3.56. The van der Waals surface area contributed by atoms with E-state index in [2.05, 4.69) is 20.4 Å². The van der Waals surface area contributed by atoms with Gasteiger partial charge in [0.1, 0.15) is 11.6 Å². The summed E-state index contributed by atoms with van der Waals surface area (Å²) in [5.74, 6) is -1.43. The van der Waals surface area contributed by atoms with Crippen LogP contribution in [0.2, 0.25) is 0 Å². The second-order valence-corrected chi connectivity index (χ2v) is 9.59. The predicted octanol–water partition coefficient (Wildman–Crippen LogP) is 5.67. The first-order chi connectivity index (χ1) is 16.5. The van der Waals surface area contributed by atoms with E-state index >= 15 is 4.39 Å². The average Bonchev–Trinajstić information content (AvgIpc) is 3.52. The van der Waals surface area contributed by atoms with Gasteiger partial charge in [0.25, 0.3) is 12.3 Å². The van der Waals surface area contributed by atoms with E-state index < -0.39 is 29.0 Å². The molecule has 1 aromatic carbocycles. The van der Waals surface area contributed by atoms with Crippen molar-refractivity contribution in [3.05, 3.63) is 59.1 Å². The number of aryl methyl sites for hydroxylation is 1. The molecule has 0 aliphatic heterocycles. The molecule has 7 nitrogen and oxygen atoms in total. The number of amides is 1. The minimum absolute atomic E-state index is 0.0153. The monoisotopic (exact) mass is 486 g/mol. The maximum atomic E-state index is 15.3. The Morgan fingerprint density at radius 3 is 2.57 bits per heavy atom. The molecule has 1 amide bonds. The van der Waals surface area contributed by atoms with E-state index in [1.54, 1.807) is 0 Å². The zero-order valence-corrected chi connectivity index (χ0v) is 19.6. The van der Waals surface area contributed by atoms with Crippen molar-refractivity contribution in [3.8, 4) is 11.1 Å². The molecule has 0 atom stereocenters. The van der Waals surface area contributed by atoms with Crippen LogP contribution in [0, 0.1) is 11.7 Å². The summed E-state index contributed by atoms with van der Waals surface area (Å²) in [7, 11) is 0. The van der Waals surface area contributed by atoms with Crippen molar-refractivity contribution in [2.45, 2.75) is 58.3 Å².